The number of nitrogens with two attached hydrogens (primary N) is 1. The van der Waals surface area contributed by atoms with E-state index in [4.69, 9.17) is 10.8 Å². The molecule has 0 bridgehead atoms. The Balaban J connectivity index is 0.00000243. The molecule has 26 heavy (non-hydrogen) atoms. The zero-order valence-electron chi connectivity index (χ0n) is 13.9. The van der Waals surface area contributed by atoms with Crippen LogP contribution in [-0.2, 0) is 0 Å². The second-order valence-corrected chi connectivity index (χ2v) is 5.31. The van der Waals surface area contributed by atoms with Gasteiger partial charge in [-0.3, -0.25) is 0 Å². The molecule has 0 saturated carbocycles. The van der Waals surface area contributed by atoms with Crippen LogP contribution in [0, 0.1) is 11.3 Å². The van der Waals surface area contributed by atoms with E-state index in [1.54, 1.807) is 36.4 Å². The Bertz CT molecular complexity index is 1010. The molecule has 122 valence electrons. The van der Waals surface area contributed by atoms with E-state index < -0.39 is 5.97 Å². The van der Waals surface area contributed by atoms with Gasteiger partial charge in [0.2, 0.25) is 0 Å². The average Bonchev–Trinajstić information content (AvgIpc) is 2.61. The Morgan fingerprint density at radius 3 is 2.35 bits per heavy atom. The van der Waals surface area contributed by atoms with E-state index in [9.17, 15) is 15.2 Å². The first-order valence-corrected chi connectivity index (χ1v) is 7.32. The van der Waals surface area contributed by atoms with Gasteiger partial charge in [-0.2, -0.15) is 5.26 Å². The van der Waals surface area contributed by atoms with Gasteiger partial charge in [0.25, 0.3) is 0 Å². The second-order valence-electron chi connectivity index (χ2n) is 5.31. The minimum Gasteiger partial charge on any atom is -0.872 e. The number of nitriles is 1. The molecule has 0 saturated heterocycles. The van der Waals surface area contributed by atoms with Crippen molar-refractivity contribution in [3.05, 3.63) is 65.7 Å². The molecule has 2 aromatic carbocycles. The van der Waals surface area contributed by atoms with E-state index in [-0.39, 0.29) is 52.3 Å². The number of anilines is 1. The Morgan fingerprint density at radius 1 is 1.12 bits per heavy atom. The van der Waals surface area contributed by atoms with Crippen LogP contribution >= 0.6 is 0 Å². The minimum atomic E-state index is -1.04. The number of para-hydroxylation sites is 1. The number of nitrogen functional groups attached to an aromatic ring is 1. The van der Waals surface area contributed by atoms with Crippen molar-refractivity contribution in [1.29, 1.82) is 5.26 Å². The topological polar surface area (TPSA) is 123 Å². The molecular formula is C19H12N3NaO3. The number of hydrogen-bond donors (Lipinski definition) is 2. The van der Waals surface area contributed by atoms with Crippen LogP contribution < -0.4 is 40.4 Å². The molecule has 1 heterocycles. The molecule has 6 nitrogen and oxygen atoms in total. The molecule has 0 aliphatic carbocycles. The molecule has 0 amide bonds. The molecule has 0 spiro atoms. The summed E-state index contributed by atoms with van der Waals surface area (Å²) in [5, 5.41) is 30.4. The van der Waals surface area contributed by atoms with Gasteiger partial charge in [-0.05, 0) is 29.3 Å². The molecule has 3 rings (SSSR count). The number of carboxylic acids is 1. The summed E-state index contributed by atoms with van der Waals surface area (Å²) in [6, 6.07) is 16.1. The molecule has 0 unspecified atom stereocenters. The van der Waals surface area contributed by atoms with Crippen molar-refractivity contribution in [3.63, 3.8) is 0 Å². The van der Waals surface area contributed by atoms with Gasteiger partial charge in [0.15, 0.2) is 0 Å². The Morgan fingerprint density at radius 2 is 1.77 bits per heavy atom. The number of aromatic carboxylic acids is 1. The van der Waals surface area contributed by atoms with Gasteiger partial charge in [-0.25, -0.2) is 9.78 Å². The van der Waals surface area contributed by atoms with E-state index in [0.717, 1.165) is 0 Å². The summed E-state index contributed by atoms with van der Waals surface area (Å²) in [6.07, 6.45) is 0. The predicted octanol–water partition coefficient (Wildman–Crippen LogP) is -0.355. The molecule has 7 heteroatoms. The van der Waals surface area contributed by atoms with Crippen LogP contribution in [0.2, 0.25) is 0 Å². The second kappa shape index (κ2) is 8.02. The van der Waals surface area contributed by atoms with Crippen LogP contribution in [0.25, 0.3) is 22.4 Å². The van der Waals surface area contributed by atoms with E-state index in [0.29, 0.717) is 22.4 Å². The van der Waals surface area contributed by atoms with Crippen LogP contribution in [0.3, 0.4) is 0 Å². The molecule has 3 aromatic rings. The number of nitrogens with zero attached hydrogens (tertiary/aromatic N) is 2. The van der Waals surface area contributed by atoms with Crippen LogP contribution in [0.5, 0.6) is 5.75 Å². The number of aromatic nitrogens is 1. The standard InChI is InChI=1S/C19H13N3O3.Na/c20-10-15-14(11-5-7-12(8-6-11)19(24)25)9-16(22-18(15)21)13-3-1-2-4-17(13)23;/h1-9,23H,(H2,21,22)(H,24,25);/q;+1/p-1. The number of hydrogen-bond acceptors (Lipinski definition) is 5. The maximum atomic E-state index is 12.0. The first-order valence-electron chi connectivity index (χ1n) is 7.32. The quantitative estimate of drug-likeness (QED) is 0.620. The monoisotopic (exact) mass is 353 g/mol. The van der Waals surface area contributed by atoms with Gasteiger partial charge in [0, 0.05) is 5.56 Å². The Kier molecular flexibility index (Phi) is 6.01. The van der Waals surface area contributed by atoms with Gasteiger partial charge in [-0.15, -0.1) is 0 Å². The third-order valence-electron chi connectivity index (χ3n) is 3.77. The SMILES string of the molecule is N#Cc1c(-c2ccc(C(=O)O)cc2)cc(-c2ccccc2[O-])nc1N.[Na+]. The van der Waals surface area contributed by atoms with Crippen molar-refractivity contribution in [1.82, 2.24) is 4.98 Å². The van der Waals surface area contributed by atoms with Gasteiger partial charge in [-0.1, -0.05) is 42.1 Å². The molecular weight excluding hydrogens is 341 g/mol. The van der Waals surface area contributed by atoms with Crippen molar-refractivity contribution in [2.24, 2.45) is 0 Å². The number of benzene rings is 2. The molecule has 0 atom stereocenters. The molecule has 3 N–H and O–H groups in total. The number of rotatable bonds is 3. The molecule has 0 fully saturated rings. The fraction of sp³-hybridized carbons (Fsp3) is 0. The van der Waals surface area contributed by atoms with E-state index in [2.05, 4.69) is 4.98 Å². The first kappa shape index (κ1) is 19.5. The van der Waals surface area contributed by atoms with Crippen molar-refractivity contribution in [2.75, 3.05) is 5.73 Å². The third-order valence-corrected chi connectivity index (χ3v) is 3.77. The normalized spacial score (nSPS) is 9.81. The first-order chi connectivity index (χ1) is 12.0. The molecule has 0 aliphatic heterocycles. The largest absolute Gasteiger partial charge is 1.00 e. The fourth-order valence-electron chi connectivity index (χ4n) is 2.52. The average molecular weight is 353 g/mol. The maximum absolute atomic E-state index is 12.0. The summed E-state index contributed by atoms with van der Waals surface area (Å²) in [6.45, 7) is 0. The van der Waals surface area contributed by atoms with Gasteiger partial charge < -0.3 is 15.9 Å². The third kappa shape index (κ3) is 3.70. The number of carboxylic acid groups (broad SMARTS) is 1. The van der Waals surface area contributed by atoms with E-state index in [1.807, 2.05) is 6.07 Å². The summed E-state index contributed by atoms with van der Waals surface area (Å²) in [7, 11) is 0. The van der Waals surface area contributed by atoms with Crippen molar-refractivity contribution in [2.45, 2.75) is 0 Å². The Labute approximate surface area is 171 Å². The van der Waals surface area contributed by atoms with Crippen molar-refractivity contribution in [3.8, 4) is 34.2 Å². The van der Waals surface area contributed by atoms with Gasteiger partial charge in [0.05, 0.1) is 11.3 Å². The van der Waals surface area contributed by atoms with Gasteiger partial charge in [0.1, 0.15) is 17.5 Å². The zero-order chi connectivity index (χ0) is 18.0. The van der Waals surface area contributed by atoms with Crippen LogP contribution in [0.1, 0.15) is 15.9 Å². The summed E-state index contributed by atoms with van der Waals surface area (Å²) < 4.78 is 0. The van der Waals surface area contributed by atoms with Crippen molar-refractivity contribution >= 4 is 11.8 Å². The summed E-state index contributed by atoms with van der Waals surface area (Å²) in [5.41, 5.74) is 8.06. The summed E-state index contributed by atoms with van der Waals surface area (Å²) in [5.74, 6) is -1.23. The maximum Gasteiger partial charge on any atom is 1.00 e. The van der Waals surface area contributed by atoms with Crippen LogP contribution in [0.4, 0.5) is 5.82 Å². The summed E-state index contributed by atoms with van der Waals surface area (Å²) in [4.78, 5) is 15.2. The molecule has 0 aliphatic rings. The van der Waals surface area contributed by atoms with Crippen LogP contribution in [0.15, 0.2) is 54.6 Å². The minimum absolute atomic E-state index is 0. The van der Waals surface area contributed by atoms with E-state index in [1.165, 1.54) is 18.2 Å². The van der Waals surface area contributed by atoms with Crippen LogP contribution in [-0.4, -0.2) is 16.1 Å². The number of pyridine rings is 1. The fourth-order valence-corrected chi connectivity index (χ4v) is 2.52. The van der Waals surface area contributed by atoms with Gasteiger partial charge >= 0.3 is 35.5 Å². The molecule has 1 aromatic heterocycles. The molecule has 0 radical (unpaired) electrons. The van der Waals surface area contributed by atoms with E-state index >= 15 is 0 Å². The Hall–Kier alpha value is -2.85. The zero-order valence-corrected chi connectivity index (χ0v) is 15.9. The number of carbonyl (C=O) groups is 1. The summed E-state index contributed by atoms with van der Waals surface area (Å²) >= 11 is 0. The smallest absolute Gasteiger partial charge is 0.872 e. The van der Waals surface area contributed by atoms with Crippen molar-refractivity contribution < 1.29 is 44.6 Å². The predicted molar refractivity (Wildman–Crippen MR) is 90.6 cm³/mol.